The monoisotopic (exact) mass is 291 g/mol. The number of carbonyl (C=O) groups excluding carboxylic acids is 3. The fourth-order valence-corrected chi connectivity index (χ4v) is 1.71. The van der Waals surface area contributed by atoms with Crippen LogP contribution < -0.4 is 10.1 Å². The summed E-state index contributed by atoms with van der Waals surface area (Å²) in [6.07, 6.45) is -0.826. The Morgan fingerprint density at radius 2 is 1.75 bits per heavy atom. The van der Waals surface area contributed by atoms with E-state index >= 15 is 0 Å². The van der Waals surface area contributed by atoms with E-state index in [1.165, 1.54) is 0 Å². The number of amides is 1. The van der Waals surface area contributed by atoms with Gasteiger partial charge in [-0.15, -0.1) is 0 Å². The zero-order valence-electron chi connectivity index (χ0n) is 10.3. The maximum Gasteiger partial charge on any atom is 0.413 e. The highest BCUT2D eigenvalue weighted by atomic mass is 35.5. The van der Waals surface area contributed by atoms with Crippen LogP contribution in [0, 0.1) is 0 Å². The van der Waals surface area contributed by atoms with Crippen LogP contribution >= 0.6 is 11.6 Å². The third-order valence-electron chi connectivity index (χ3n) is 2.56. The summed E-state index contributed by atoms with van der Waals surface area (Å²) in [6.45, 7) is -0.494. The molecular formula is C14H10ClNO4. The Bertz CT molecular complexity index is 678. The first kappa shape index (κ1) is 14.0. The van der Waals surface area contributed by atoms with Gasteiger partial charge in [0.2, 0.25) is 5.78 Å². The molecule has 0 bridgehead atoms. The summed E-state index contributed by atoms with van der Waals surface area (Å²) in [5.74, 6) is -0.535. The van der Waals surface area contributed by atoms with Crippen LogP contribution in [0.4, 0.5) is 4.79 Å². The summed E-state index contributed by atoms with van der Waals surface area (Å²) in [5.41, 5.74) is 0. The van der Waals surface area contributed by atoms with Crippen molar-refractivity contribution in [1.82, 2.24) is 5.32 Å². The summed E-state index contributed by atoms with van der Waals surface area (Å²) in [4.78, 5) is 33.0. The van der Waals surface area contributed by atoms with E-state index in [0.29, 0.717) is 5.75 Å². The van der Waals surface area contributed by atoms with Crippen molar-refractivity contribution in [2.75, 3.05) is 6.54 Å². The number of fused-ring (bicyclic) bond motifs is 1. The van der Waals surface area contributed by atoms with Crippen LogP contribution in [0.3, 0.4) is 0 Å². The number of hydrogen-bond donors (Lipinski definition) is 1. The van der Waals surface area contributed by atoms with Crippen LogP contribution in [0.5, 0.6) is 5.75 Å². The van der Waals surface area contributed by atoms with E-state index < -0.39 is 23.7 Å². The Labute approximate surface area is 119 Å². The average molecular weight is 292 g/mol. The molecule has 2 aromatic carbocycles. The molecule has 6 heteroatoms. The molecule has 2 rings (SSSR count). The molecule has 0 aliphatic rings. The number of nitrogens with one attached hydrogen (secondary N) is 1. The van der Waals surface area contributed by atoms with Gasteiger partial charge in [-0.3, -0.25) is 9.59 Å². The van der Waals surface area contributed by atoms with Gasteiger partial charge in [-0.05, 0) is 23.1 Å². The van der Waals surface area contributed by atoms with Gasteiger partial charge in [0.25, 0.3) is 5.24 Å². The molecule has 0 saturated carbocycles. The van der Waals surface area contributed by atoms with Crippen molar-refractivity contribution in [3.63, 3.8) is 0 Å². The second kappa shape index (κ2) is 6.16. The van der Waals surface area contributed by atoms with E-state index in [9.17, 15) is 14.4 Å². The number of carbonyl (C=O) groups is 3. The zero-order chi connectivity index (χ0) is 14.5. The molecule has 0 unspecified atom stereocenters. The van der Waals surface area contributed by atoms with Crippen molar-refractivity contribution in [1.29, 1.82) is 0 Å². The smallest absolute Gasteiger partial charge is 0.410 e. The Morgan fingerprint density at radius 3 is 2.50 bits per heavy atom. The first-order valence-corrected chi connectivity index (χ1v) is 6.12. The molecule has 0 saturated heterocycles. The molecule has 2 aromatic rings. The van der Waals surface area contributed by atoms with E-state index in [-0.39, 0.29) is 0 Å². The lowest BCUT2D eigenvalue weighted by molar-refractivity contribution is -0.131. The van der Waals surface area contributed by atoms with Gasteiger partial charge in [0.05, 0.1) is 6.54 Å². The van der Waals surface area contributed by atoms with Crippen molar-refractivity contribution in [3.05, 3.63) is 42.5 Å². The Hall–Kier alpha value is -2.40. The highest BCUT2D eigenvalue weighted by molar-refractivity contribution is 6.81. The Morgan fingerprint density at radius 1 is 1.05 bits per heavy atom. The quantitative estimate of drug-likeness (QED) is 0.693. The van der Waals surface area contributed by atoms with Crippen LogP contribution in [0.2, 0.25) is 0 Å². The van der Waals surface area contributed by atoms with Crippen LogP contribution in [0.25, 0.3) is 10.8 Å². The van der Waals surface area contributed by atoms with Crippen LogP contribution in [0.1, 0.15) is 0 Å². The molecular weight excluding hydrogens is 282 g/mol. The van der Waals surface area contributed by atoms with Crippen molar-refractivity contribution in [2.24, 2.45) is 0 Å². The molecule has 1 N–H and O–H groups in total. The van der Waals surface area contributed by atoms with E-state index in [2.05, 4.69) is 5.32 Å². The van der Waals surface area contributed by atoms with Crippen molar-refractivity contribution in [3.8, 4) is 5.75 Å². The fraction of sp³-hybridized carbons (Fsp3) is 0.0714. The molecule has 0 heterocycles. The van der Waals surface area contributed by atoms with Crippen LogP contribution in [0.15, 0.2) is 42.5 Å². The van der Waals surface area contributed by atoms with Gasteiger partial charge in [0, 0.05) is 5.39 Å². The summed E-state index contributed by atoms with van der Waals surface area (Å²) in [7, 11) is 0. The lowest BCUT2D eigenvalue weighted by Crippen LogP contribution is -2.33. The predicted octanol–water partition coefficient (Wildman–Crippen LogP) is 2.26. The van der Waals surface area contributed by atoms with Crippen molar-refractivity contribution in [2.45, 2.75) is 0 Å². The zero-order valence-corrected chi connectivity index (χ0v) is 11.0. The SMILES string of the molecule is O=C(NCC(=O)C(=O)Cl)Oc1cccc2ccccc12. The lowest BCUT2D eigenvalue weighted by atomic mass is 10.1. The number of rotatable bonds is 4. The molecule has 0 aliphatic carbocycles. The minimum atomic E-state index is -1.13. The third-order valence-corrected chi connectivity index (χ3v) is 2.78. The molecule has 0 aromatic heterocycles. The van der Waals surface area contributed by atoms with Crippen molar-refractivity contribution >= 4 is 39.5 Å². The predicted molar refractivity (Wildman–Crippen MR) is 73.8 cm³/mol. The van der Waals surface area contributed by atoms with Gasteiger partial charge >= 0.3 is 6.09 Å². The number of Topliss-reactive ketones (excluding diaryl/α,β-unsaturated/α-hetero) is 1. The maximum absolute atomic E-state index is 11.5. The summed E-state index contributed by atoms with van der Waals surface area (Å²) >= 11 is 4.97. The molecule has 102 valence electrons. The first-order valence-electron chi connectivity index (χ1n) is 5.74. The highest BCUT2D eigenvalue weighted by Gasteiger charge is 2.13. The molecule has 5 nitrogen and oxygen atoms in total. The van der Waals surface area contributed by atoms with Gasteiger partial charge in [-0.25, -0.2) is 4.79 Å². The maximum atomic E-state index is 11.5. The van der Waals surface area contributed by atoms with Gasteiger partial charge in [0.15, 0.2) is 0 Å². The number of benzene rings is 2. The van der Waals surface area contributed by atoms with Gasteiger partial charge in [-0.1, -0.05) is 36.4 Å². The molecule has 0 radical (unpaired) electrons. The van der Waals surface area contributed by atoms with E-state index in [1.807, 2.05) is 30.3 Å². The molecule has 0 aliphatic heterocycles. The van der Waals surface area contributed by atoms with Gasteiger partial charge in [0.1, 0.15) is 5.75 Å². The highest BCUT2D eigenvalue weighted by Crippen LogP contribution is 2.25. The molecule has 1 amide bonds. The standard InChI is InChI=1S/C14H10ClNO4/c15-13(18)11(17)8-16-14(19)20-12-7-3-5-9-4-1-2-6-10(9)12/h1-7H,8H2,(H,16,19). The number of hydrogen-bond acceptors (Lipinski definition) is 4. The normalized spacial score (nSPS) is 10.1. The summed E-state index contributed by atoms with van der Waals surface area (Å²) in [6, 6.07) is 12.7. The van der Waals surface area contributed by atoms with Crippen LogP contribution in [-0.2, 0) is 9.59 Å². The lowest BCUT2D eigenvalue weighted by Gasteiger charge is -2.08. The third kappa shape index (κ3) is 3.33. The van der Waals surface area contributed by atoms with E-state index in [1.54, 1.807) is 12.1 Å². The summed E-state index contributed by atoms with van der Waals surface area (Å²) in [5, 5.41) is 2.72. The molecule has 20 heavy (non-hydrogen) atoms. The average Bonchev–Trinajstić information content (AvgIpc) is 2.45. The van der Waals surface area contributed by atoms with Crippen molar-refractivity contribution < 1.29 is 19.1 Å². The number of halogens is 1. The summed E-state index contributed by atoms with van der Waals surface area (Å²) < 4.78 is 5.10. The topological polar surface area (TPSA) is 72.5 Å². The van der Waals surface area contributed by atoms with Crippen LogP contribution in [-0.4, -0.2) is 23.7 Å². The minimum absolute atomic E-state index is 0.366. The Balaban J connectivity index is 2.07. The molecule has 0 fully saturated rings. The Kier molecular flexibility index (Phi) is 4.32. The van der Waals surface area contributed by atoms with E-state index in [0.717, 1.165) is 10.8 Å². The van der Waals surface area contributed by atoms with Gasteiger partial charge < -0.3 is 10.1 Å². The second-order valence-corrected chi connectivity index (χ2v) is 4.26. The van der Waals surface area contributed by atoms with E-state index in [4.69, 9.17) is 16.3 Å². The largest absolute Gasteiger partial charge is 0.413 e. The number of ether oxygens (including phenoxy) is 1. The first-order chi connectivity index (χ1) is 9.58. The van der Waals surface area contributed by atoms with Gasteiger partial charge in [-0.2, -0.15) is 0 Å². The fourth-order valence-electron chi connectivity index (χ4n) is 1.64. The molecule has 0 atom stereocenters. The molecule has 0 spiro atoms. The number of ketones is 1. The minimum Gasteiger partial charge on any atom is -0.410 e. The second-order valence-electron chi connectivity index (χ2n) is 3.92.